The fraction of sp³-hybridized carbons (Fsp3) is 0.333. The predicted octanol–water partition coefficient (Wildman–Crippen LogP) is 4.22. The lowest BCUT2D eigenvalue weighted by molar-refractivity contribution is 0.122. The van der Waals surface area contributed by atoms with E-state index in [4.69, 9.17) is 9.72 Å². The number of nitrogens with one attached hydrogen (secondary N) is 2. The van der Waals surface area contributed by atoms with Crippen molar-refractivity contribution < 1.29 is 4.74 Å². The molecule has 2 heterocycles. The molecule has 0 atom stereocenters. The molecule has 0 aliphatic carbocycles. The van der Waals surface area contributed by atoms with Gasteiger partial charge in [0.1, 0.15) is 0 Å². The summed E-state index contributed by atoms with van der Waals surface area (Å²) in [6.07, 6.45) is 2.94. The van der Waals surface area contributed by atoms with Crippen LogP contribution in [0.25, 0.3) is 11.3 Å². The Bertz CT molecular complexity index is 921. The van der Waals surface area contributed by atoms with Crippen LogP contribution in [0.5, 0.6) is 0 Å². The lowest BCUT2D eigenvalue weighted by Gasteiger charge is -2.28. The number of hydrogen-bond donors (Lipinski definition) is 2. The van der Waals surface area contributed by atoms with E-state index in [2.05, 4.69) is 76.0 Å². The molecule has 2 aromatic carbocycles. The number of anilines is 3. The summed E-state index contributed by atoms with van der Waals surface area (Å²) >= 11 is 0. The summed E-state index contributed by atoms with van der Waals surface area (Å²) in [5.74, 6) is 0.598. The Kier molecular flexibility index (Phi) is 6.90. The van der Waals surface area contributed by atoms with Crippen LogP contribution in [0.15, 0.2) is 60.8 Å². The lowest BCUT2D eigenvalue weighted by atomic mass is 10.1. The van der Waals surface area contributed by atoms with Crippen molar-refractivity contribution in [3.63, 3.8) is 0 Å². The normalized spacial score (nSPS) is 14.0. The van der Waals surface area contributed by atoms with E-state index in [1.165, 1.54) is 11.3 Å². The Morgan fingerprint density at radius 2 is 1.73 bits per heavy atom. The van der Waals surface area contributed by atoms with Crippen molar-refractivity contribution in [1.29, 1.82) is 0 Å². The van der Waals surface area contributed by atoms with Crippen LogP contribution in [0.1, 0.15) is 18.9 Å². The van der Waals surface area contributed by atoms with Gasteiger partial charge in [0.15, 0.2) is 0 Å². The first kappa shape index (κ1) is 20.3. The largest absolute Gasteiger partial charge is 0.378 e. The van der Waals surface area contributed by atoms with Crippen molar-refractivity contribution >= 4 is 17.3 Å². The van der Waals surface area contributed by atoms with Gasteiger partial charge < -0.3 is 20.3 Å². The summed E-state index contributed by atoms with van der Waals surface area (Å²) in [7, 11) is 0. The summed E-state index contributed by atoms with van der Waals surface area (Å²) in [4.78, 5) is 11.4. The molecule has 156 valence electrons. The minimum atomic E-state index is 0.598. The number of rotatable bonds is 8. The number of morpholine rings is 1. The van der Waals surface area contributed by atoms with Crippen molar-refractivity contribution in [2.75, 3.05) is 43.1 Å². The molecule has 1 fully saturated rings. The van der Waals surface area contributed by atoms with Gasteiger partial charge in [-0.25, -0.2) is 9.97 Å². The van der Waals surface area contributed by atoms with E-state index in [1.807, 2.05) is 6.07 Å². The maximum atomic E-state index is 5.43. The number of hydrogen-bond acceptors (Lipinski definition) is 6. The van der Waals surface area contributed by atoms with Gasteiger partial charge in [-0.05, 0) is 48.9 Å². The average Bonchev–Trinajstić information content (AvgIpc) is 2.81. The first-order valence-corrected chi connectivity index (χ1v) is 10.6. The topological polar surface area (TPSA) is 62.3 Å². The van der Waals surface area contributed by atoms with Crippen molar-refractivity contribution in [2.45, 2.75) is 19.9 Å². The highest BCUT2D eigenvalue weighted by atomic mass is 16.5. The van der Waals surface area contributed by atoms with Crippen LogP contribution in [0.4, 0.5) is 17.3 Å². The molecule has 0 saturated carbocycles. The summed E-state index contributed by atoms with van der Waals surface area (Å²) in [5.41, 5.74) is 5.46. The van der Waals surface area contributed by atoms with Crippen LogP contribution in [0, 0.1) is 0 Å². The van der Waals surface area contributed by atoms with E-state index in [1.54, 1.807) is 6.20 Å². The predicted molar refractivity (Wildman–Crippen MR) is 122 cm³/mol. The van der Waals surface area contributed by atoms with E-state index in [9.17, 15) is 0 Å². The summed E-state index contributed by atoms with van der Waals surface area (Å²) < 4.78 is 5.43. The molecule has 2 N–H and O–H groups in total. The fourth-order valence-corrected chi connectivity index (χ4v) is 3.49. The summed E-state index contributed by atoms with van der Waals surface area (Å²) in [6, 6.07) is 18.9. The molecule has 0 amide bonds. The van der Waals surface area contributed by atoms with E-state index in [0.29, 0.717) is 5.95 Å². The van der Waals surface area contributed by atoms with Crippen molar-refractivity contribution in [2.24, 2.45) is 0 Å². The molecule has 6 heteroatoms. The lowest BCUT2D eigenvalue weighted by Crippen LogP contribution is -2.36. The zero-order valence-corrected chi connectivity index (χ0v) is 17.5. The molecule has 1 saturated heterocycles. The summed E-state index contributed by atoms with van der Waals surface area (Å²) in [5, 5.41) is 6.74. The molecule has 1 aromatic heterocycles. The molecule has 0 unspecified atom stereocenters. The first-order chi connectivity index (χ1) is 14.8. The van der Waals surface area contributed by atoms with Gasteiger partial charge in [0.05, 0.1) is 18.9 Å². The van der Waals surface area contributed by atoms with E-state index < -0.39 is 0 Å². The quantitative estimate of drug-likeness (QED) is 0.549. The monoisotopic (exact) mass is 403 g/mol. The molecular formula is C24H29N5O. The molecule has 1 aliphatic rings. The van der Waals surface area contributed by atoms with E-state index >= 15 is 0 Å². The fourth-order valence-electron chi connectivity index (χ4n) is 3.49. The maximum absolute atomic E-state index is 5.43. The highest BCUT2D eigenvalue weighted by molar-refractivity contribution is 5.63. The van der Waals surface area contributed by atoms with Gasteiger partial charge >= 0.3 is 0 Å². The van der Waals surface area contributed by atoms with Gasteiger partial charge in [-0.3, -0.25) is 0 Å². The van der Waals surface area contributed by atoms with Crippen molar-refractivity contribution in [3.8, 4) is 11.3 Å². The van der Waals surface area contributed by atoms with Gasteiger partial charge in [-0.15, -0.1) is 0 Å². The number of nitrogens with zero attached hydrogens (tertiary/aromatic N) is 3. The molecule has 4 rings (SSSR count). The second-order valence-corrected chi connectivity index (χ2v) is 7.41. The molecule has 30 heavy (non-hydrogen) atoms. The third-order valence-electron chi connectivity index (χ3n) is 5.16. The maximum Gasteiger partial charge on any atom is 0.227 e. The highest BCUT2D eigenvalue weighted by Crippen LogP contribution is 2.22. The van der Waals surface area contributed by atoms with Crippen LogP contribution in [0.2, 0.25) is 0 Å². The standard InChI is InChI=1S/C24H29N5O/c1-2-12-25-18-19-3-5-20(6-4-19)23-11-13-26-24(28-23)27-21-7-9-22(10-8-21)29-14-16-30-17-15-29/h3-11,13,25H,2,12,14-18H2,1H3,(H,26,27,28). The van der Waals surface area contributed by atoms with Crippen LogP contribution in [-0.4, -0.2) is 42.8 Å². The second-order valence-electron chi connectivity index (χ2n) is 7.41. The molecular weight excluding hydrogens is 374 g/mol. The van der Waals surface area contributed by atoms with E-state index in [-0.39, 0.29) is 0 Å². The molecule has 0 bridgehead atoms. The Morgan fingerprint density at radius 1 is 0.967 bits per heavy atom. The summed E-state index contributed by atoms with van der Waals surface area (Å²) in [6.45, 7) is 7.56. The van der Waals surface area contributed by atoms with Gasteiger partial charge in [0, 0.05) is 42.8 Å². The number of ether oxygens (including phenoxy) is 1. The molecule has 3 aromatic rings. The molecule has 6 nitrogen and oxygen atoms in total. The zero-order valence-electron chi connectivity index (χ0n) is 17.5. The third-order valence-corrected chi connectivity index (χ3v) is 5.16. The van der Waals surface area contributed by atoms with E-state index in [0.717, 1.165) is 62.8 Å². The smallest absolute Gasteiger partial charge is 0.227 e. The Labute approximate surface area is 178 Å². The van der Waals surface area contributed by atoms with Crippen LogP contribution >= 0.6 is 0 Å². The Hall–Kier alpha value is -2.96. The van der Waals surface area contributed by atoms with Gasteiger partial charge in [0.25, 0.3) is 0 Å². The SMILES string of the molecule is CCCNCc1ccc(-c2ccnc(Nc3ccc(N4CCOCC4)cc3)n2)cc1. The Balaban J connectivity index is 1.40. The van der Waals surface area contributed by atoms with Gasteiger partial charge in [-0.2, -0.15) is 0 Å². The first-order valence-electron chi connectivity index (χ1n) is 10.6. The zero-order chi connectivity index (χ0) is 20.6. The van der Waals surface area contributed by atoms with Crippen molar-refractivity contribution in [3.05, 3.63) is 66.4 Å². The molecule has 1 aliphatic heterocycles. The average molecular weight is 404 g/mol. The molecule has 0 radical (unpaired) electrons. The minimum absolute atomic E-state index is 0.598. The second kappa shape index (κ2) is 10.2. The van der Waals surface area contributed by atoms with Crippen LogP contribution in [0.3, 0.4) is 0 Å². The minimum Gasteiger partial charge on any atom is -0.378 e. The Morgan fingerprint density at radius 3 is 2.47 bits per heavy atom. The van der Waals surface area contributed by atoms with Gasteiger partial charge in [0.2, 0.25) is 5.95 Å². The highest BCUT2D eigenvalue weighted by Gasteiger charge is 2.11. The number of aromatic nitrogens is 2. The van der Waals surface area contributed by atoms with Crippen LogP contribution < -0.4 is 15.5 Å². The molecule has 0 spiro atoms. The van der Waals surface area contributed by atoms with Crippen molar-refractivity contribution in [1.82, 2.24) is 15.3 Å². The number of benzene rings is 2. The van der Waals surface area contributed by atoms with Gasteiger partial charge in [-0.1, -0.05) is 31.2 Å². The third kappa shape index (κ3) is 5.34. The van der Waals surface area contributed by atoms with Crippen LogP contribution in [-0.2, 0) is 11.3 Å².